The molecular formula is C12H28N4O2. The second-order valence-corrected chi connectivity index (χ2v) is 5.35. The number of hydrogen-bond acceptors (Lipinski definition) is 5. The highest BCUT2D eigenvalue weighted by molar-refractivity contribution is 5.68. The van der Waals surface area contributed by atoms with Crippen molar-refractivity contribution >= 4 is 6.09 Å². The molecular weight excluding hydrogens is 232 g/mol. The van der Waals surface area contributed by atoms with Crippen LogP contribution in [0.4, 0.5) is 4.79 Å². The smallest absolute Gasteiger partial charge is 0.410 e. The van der Waals surface area contributed by atoms with E-state index in [0.717, 1.165) is 13.1 Å². The molecule has 0 unspecified atom stereocenters. The summed E-state index contributed by atoms with van der Waals surface area (Å²) in [6.45, 7) is 9.28. The standard InChI is InChI=1S/C12H28N4O2/c1-12(2,3)18-11(17)16(8-6-14)10-9-15(4)7-5-13/h5-10,13-14H2,1-4H3. The lowest BCUT2D eigenvalue weighted by Crippen LogP contribution is -2.43. The van der Waals surface area contributed by atoms with Crippen molar-refractivity contribution in [2.45, 2.75) is 26.4 Å². The van der Waals surface area contributed by atoms with Crippen molar-refractivity contribution in [1.29, 1.82) is 0 Å². The molecule has 0 atom stereocenters. The van der Waals surface area contributed by atoms with Crippen LogP contribution in [0, 0.1) is 0 Å². The second kappa shape index (κ2) is 8.29. The largest absolute Gasteiger partial charge is 0.444 e. The van der Waals surface area contributed by atoms with E-state index in [9.17, 15) is 4.79 Å². The first-order valence-corrected chi connectivity index (χ1v) is 6.36. The summed E-state index contributed by atoms with van der Waals surface area (Å²) >= 11 is 0. The molecule has 0 aromatic carbocycles. The lowest BCUT2D eigenvalue weighted by atomic mass is 10.2. The zero-order valence-corrected chi connectivity index (χ0v) is 12.1. The number of ether oxygens (including phenoxy) is 1. The summed E-state index contributed by atoms with van der Waals surface area (Å²) in [5, 5.41) is 0. The predicted molar refractivity (Wildman–Crippen MR) is 73.4 cm³/mol. The molecule has 4 N–H and O–H groups in total. The molecule has 0 aromatic heterocycles. The maximum absolute atomic E-state index is 11.9. The molecule has 1 amide bonds. The van der Waals surface area contributed by atoms with Gasteiger partial charge in [-0.25, -0.2) is 4.79 Å². The van der Waals surface area contributed by atoms with Crippen molar-refractivity contribution in [3.8, 4) is 0 Å². The summed E-state index contributed by atoms with van der Waals surface area (Å²) < 4.78 is 5.33. The number of carbonyl (C=O) groups is 1. The van der Waals surface area contributed by atoms with Gasteiger partial charge in [0.05, 0.1) is 0 Å². The summed E-state index contributed by atoms with van der Waals surface area (Å²) in [4.78, 5) is 15.6. The van der Waals surface area contributed by atoms with Crippen molar-refractivity contribution < 1.29 is 9.53 Å². The molecule has 0 aliphatic heterocycles. The molecule has 6 nitrogen and oxygen atoms in total. The van der Waals surface area contributed by atoms with Gasteiger partial charge in [-0.05, 0) is 27.8 Å². The molecule has 0 bridgehead atoms. The third kappa shape index (κ3) is 8.27. The van der Waals surface area contributed by atoms with Crippen molar-refractivity contribution in [2.75, 3.05) is 46.3 Å². The molecule has 108 valence electrons. The Balaban J connectivity index is 4.24. The summed E-state index contributed by atoms with van der Waals surface area (Å²) in [5.74, 6) is 0. The molecule has 0 aliphatic carbocycles. The number of nitrogens with two attached hydrogens (primary N) is 2. The van der Waals surface area contributed by atoms with Crippen molar-refractivity contribution in [1.82, 2.24) is 9.80 Å². The number of amides is 1. The molecule has 0 heterocycles. The van der Waals surface area contributed by atoms with E-state index >= 15 is 0 Å². The van der Waals surface area contributed by atoms with Gasteiger partial charge in [-0.3, -0.25) is 0 Å². The van der Waals surface area contributed by atoms with E-state index in [1.165, 1.54) is 0 Å². The van der Waals surface area contributed by atoms with E-state index in [0.29, 0.717) is 26.2 Å². The molecule has 18 heavy (non-hydrogen) atoms. The molecule has 0 aromatic rings. The van der Waals surface area contributed by atoms with Gasteiger partial charge in [0.2, 0.25) is 0 Å². The van der Waals surface area contributed by atoms with Gasteiger partial charge in [0, 0.05) is 39.3 Å². The highest BCUT2D eigenvalue weighted by Gasteiger charge is 2.21. The fourth-order valence-electron chi connectivity index (χ4n) is 1.40. The number of likely N-dealkylation sites (N-methyl/N-ethyl adjacent to an activating group) is 1. The summed E-state index contributed by atoms with van der Waals surface area (Å²) in [5.41, 5.74) is 10.5. The zero-order valence-electron chi connectivity index (χ0n) is 12.1. The van der Waals surface area contributed by atoms with Crippen LogP contribution in [-0.4, -0.2) is 67.8 Å². The quantitative estimate of drug-likeness (QED) is 0.677. The molecule has 0 spiro atoms. The second-order valence-electron chi connectivity index (χ2n) is 5.35. The van der Waals surface area contributed by atoms with Crippen molar-refractivity contribution in [2.24, 2.45) is 11.5 Å². The minimum Gasteiger partial charge on any atom is -0.444 e. The van der Waals surface area contributed by atoms with Gasteiger partial charge in [-0.2, -0.15) is 0 Å². The Kier molecular flexibility index (Phi) is 7.90. The molecule has 0 radical (unpaired) electrons. The van der Waals surface area contributed by atoms with Crippen LogP contribution in [0.2, 0.25) is 0 Å². The van der Waals surface area contributed by atoms with Crippen LogP contribution < -0.4 is 11.5 Å². The van der Waals surface area contributed by atoms with Gasteiger partial charge in [-0.15, -0.1) is 0 Å². The Bertz CT molecular complexity index is 241. The first kappa shape index (κ1) is 17.2. The van der Waals surface area contributed by atoms with Gasteiger partial charge >= 0.3 is 6.09 Å². The highest BCUT2D eigenvalue weighted by Crippen LogP contribution is 2.09. The van der Waals surface area contributed by atoms with E-state index in [1.54, 1.807) is 4.90 Å². The van der Waals surface area contributed by atoms with Crippen molar-refractivity contribution in [3.63, 3.8) is 0 Å². The van der Waals surface area contributed by atoms with Crippen LogP contribution in [0.3, 0.4) is 0 Å². The Labute approximate surface area is 110 Å². The van der Waals surface area contributed by atoms with Crippen LogP contribution in [0.15, 0.2) is 0 Å². The van der Waals surface area contributed by atoms with Crippen LogP contribution in [0.5, 0.6) is 0 Å². The van der Waals surface area contributed by atoms with Gasteiger partial charge in [0.1, 0.15) is 5.60 Å². The molecule has 0 saturated heterocycles. The first-order valence-electron chi connectivity index (χ1n) is 6.36. The lowest BCUT2D eigenvalue weighted by molar-refractivity contribution is 0.0243. The third-order valence-corrected chi connectivity index (χ3v) is 2.31. The van der Waals surface area contributed by atoms with Crippen molar-refractivity contribution in [3.05, 3.63) is 0 Å². The number of rotatable bonds is 7. The van der Waals surface area contributed by atoms with Gasteiger partial charge < -0.3 is 26.0 Å². The Morgan fingerprint density at radius 3 is 2.06 bits per heavy atom. The van der Waals surface area contributed by atoms with Gasteiger partial charge in [0.15, 0.2) is 0 Å². The maximum Gasteiger partial charge on any atom is 0.410 e. The fourth-order valence-corrected chi connectivity index (χ4v) is 1.40. The Morgan fingerprint density at radius 2 is 1.61 bits per heavy atom. The van der Waals surface area contributed by atoms with E-state index in [2.05, 4.69) is 4.90 Å². The molecule has 6 heteroatoms. The third-order valence-electron chi connectivity index (χ3n) is 2.31. The Hall–Kier alpha value is -0.850. The fraction of sp³-hybridized carbons (Fsp3) is 0.917. The summed E-state index contributed by atoms with van der Waals surface area (Å²) in [6, 6.07) is 0. The molecule has 0 fully saturated rings. The predicted octanol–water partition coefficient (Wildman–Crippen LogP) is 0.0727. The monoisotopic (exact) mass is 260 g/mol. The lowest BCUT2D eigenvalue weighted by Gasteiger charge is -2.28. The molecule has 0 aliphatic rings. The first-order chi connectivity index (χ1) is 8.30. The summed E-state index contributed by atoms with van der Waals surface area (Å²) in [7, 11) is 1.97. The highest BCUT2D eigenvalue weighted by atomic mass is 16.6. The van der Waals surface area contributed by atoms with Crippen LogP contribution in [-0.2, 0) is 4.74 Å². The van der Waals surface area contributed by atoms with Crippen LogP contribution in [0.25, 0.3) is 0 Å². The van der Waals surface area contributed by atoms with E-state index in [1.807, 2.05) is 27.8 Å². The van der Waals surface area contributed by atoms with Crippen LogP contribution >= 0.6 is 0 Å². The zero-order chi connectivity index (χ0) is 14.2. The van der Waals surface area contributed by atoms with Gasteiger partial charge in [-0.1, -0.05) is 0 Å². The number of carbonyl (C=O) groups excluding carboxylic acids is 1. The molecule has 0 saturated carbocycles. The van der Waals surface area contributed by atoms with Crippen LogP contribution in [0.1, 0.15) is 20.8 Å². The SMILES string of the molecule is CN(CCN)CCN(CCN)C(=O)OC(C)(C)C. The Morgan fingerprint density at radius 1 is 1.06 bits per heavy atom. The minimum absolute atomic E-state index is 0.311. The van der Waals surface area contributed by atoms with Gasteiger partial charge in [0.25, 0.3) is 0 Å². The number of nitrogens with zero attached hydrogens (tertiary/aromatic N) is 2. The minimum atomic E-state index is -0.479. The van der Waals surface area contributed by atoms with E-state index in [4.69, 9.17) is 16.2 Å². The topological polar surface area (TPSA) is 84.8 Å². The van der Waals surface area contributed by atoms with E-state index in [-0.39, 0.29) is 6.09 Å². The van der Waals surface area contributed by atoms with E-state index < -0.39 is 5.60 Å². The summed E-state index contributed by atoms with van der Waals surface area (Å²) in [6.07, 6.45) is -0.311. The average molecular weight is 260 g/mol. The maximum atomic E-state index is 11.9. The number of hydrogen-bond donors (Lipinski definition) is 2. The normalized spacial score (nSPS) is 11.7. The average Bonchev–Trinajstić information content (AvgIpc) is 2.22. The molecule has 0 rings (SSSR count).